The Bertz CT molecular complexity index is 235. The fraction of sp³-hybridized carbons (Fsp3) is 0.800. The van der Waals surface area contributed by atoms with Gasteiger partial charge in [-0.15, -0.1) is 0 Å². The first-order valence-electron chi connectivity index (χ1n) is 5.23. The van der Waals surface area contributed by atoms with Gasteiger partial charge in [-0.3, -0.25) is 4.72 Å². The minimum Gasteiger partial charge on any atom is -0.291 e. The highest BCUT2D eigenvalue weighted by Gasteiger charge is 2.05. The Labute approximate surface area is 87.6 Å². The Morgan fingerprint density at radius 3 is 2.29 bits per heavy atom. The van der Waals surface area contributed by atoms with Crippen molar-refractivity contribution in [2.75, 3.05) is 5.75 Å². The van der Waals surface area contributed by atoms with E-state index in [4.69, 9.17) is 0 Å². The van der Waals surface area contributed by atoms with Gasteiger partial charge in [0.1, 0.15) is 0 Å². The Morgan fingerprint density at radius 2 is 1.71 bits per heavy atom. The molecule has 0 radical (unpaired) electrons. The van der Waals surface area contributed by atoms with Gasteiger partial charge in [0.05, 0.1) is 5.75 Å². The first-order chi connectivity index (χ1) is 6.62. The molecule has 0 saturated heterocycles. The summed E-state index contributed by atoms with van der Waals surface area (Å²) in [6.45, 7) is 5.49. The van der Waals surface area contributed by atoms with E-state index in [9.17, 15) is 8.42 Å². The van der Waals surface area contributed by atoms with Crippen molar-refractivity contribution in [2.24, 2.45) is 0 Å². The second-order valence-corrected chi connectivity index (χ2v) is 5.28. The van der Waals surface area contributed by atoms with Crippen molar-refractivity contribution in [1.29, 1.82) is 0 Å². The molecule has 0 spiro atoms. The normalized spacial score (nSPS) is 11.2. The van der Waals surface area contributed by atoms with Crippen molar-refractivity contribution >= 4 is 10.0 Å². The average molecular weight is 219 g/mol. The Morgan fingerprint density at radius 1 is 1.14 bits per heavy atom. The largest absolute Gasteiger partial charge is 0.291 e. The molecular weight excluding hydrogens is 198 g/mol. The molecule has 14 heavy (non-hydrogen) atoms. The molecule has 1 N–H and O–H groups in total. The van der Waals surface area contributed by atoms with E-state index in [0.717, 1.165) is 19.3 Å². The number of nitrogens with one attached hydrogen (secondary N) is 1. The number of hydrogen-bond acceptors (Lipinski definition) is 2. The van der Waals surface area contributed by atoms with Gasteiger partial charge in [0.25, 0.3) is 0 Å². The molecule has 0 heterocycles. The molecule has 0 aliphatic rings. The third-order valence-electron chi connectivity index (χ3n) is 2.03. The first-order valence-corrected chi connectivity index (χ1v) is 6.88. The van der Waals surface area contributed by atoms with Crippen LogP contribution in [0.15, 0.2) is 12.8 Å². The fourth-order valence-corrected chi connectivity index (χ4v) is 2.21. The molecule has 0 atom stereocenters. The topological polar surface area (TPSA) is 46.2 Å². The molecule has 0 saturated carbocycles. The molecule has 0 aliphatic heterocycles. The van der Waals surface area contributed by atoms with Crippen LogP contribution in [0, 0.1) is 0 Å². The lowest BCUT2D eigenvalue weighted by atomic mass is 10.1. The van der Waals surface area contributed by atoms with E-state index in [-0.39, 0.29) is 5.75 Å². The number of rotatable bonds is 9. The monoisotopic (exact) mass is 219 g/mol. The van der Waals surface area contributed by atoms with Gasteiger partial charge in [-0.25, -0.2) is 8.42 Å². The molecule has 0 bridgehead atoms. The highest BCUT2D eigenvalue weighted by atomic mass is 32.2. The number of unbranched alkanes of at least 4 members (excludes halogenated alkanes) is 5. The molecule has 0 aliphatic carbocycles. The van der Waals surface area contributed by atoms with Crippen molar-refractivity contribution in [2.45, 2.75) is 45.4 Å². The van der Waals surface area contributed by atoms with Gasteiger partial charge in [0.2, 0.25) is 10.0 Å². The standard InChI is InChI=1S/C10H21NO2S/c1-3-5-6-7-8-9-10-14(12,13)11-4-2/h4,11H,2-3,5-10H2,1H3. The number of hydrogen-bond donors (Lipinski definition) is 1. The molecule has 0 aromatic carbocycles. The van der Waals surface area contributed by atoms with Crippen LogP contribution >= 0.6 is 0 Å². The highest BCUT2D eigenvalue weighted by molar-refractivity contribution is 7.89. The predicted octanol–water partition coefficient (Wildman–Crippen LogP) is 2.41. The van der Waals surface area contributed by atoms with Gasteiger partial charge in [-0.05, 0) is 6.42 Å². The third kappa shape index (κ3) is 8.10. The minimum atomic E-state index is -3.09. The molecule has 4 heteroatoms. The summed E-state index contributed by atoms with van der Waals surface area (Å²) in [7, 11) is -3.09. The van der Waals surface area contributed by atoms with Crippen LogP contribution in [0.4, 0.5) is 0 Å². The Kier molecular flexibility index (Phi) is 7.57. The zero-order valence-corrected chi connectivity index (χ0v) is 9.78. The van der Waals surface area contributed by atoms with Crippen LogP contribution in [0.5, 0.6) is 0 Å². The predicted molar refractivity (Wildman–Crippen MR) is 60.5 cm³/mol. The lowest BCUT2D eigenvalue weighted by molar-refractivity contribution is 0.579. The molecular formula is C10H21NO2S. The van der Waals surface area contributed by atoms with Gasteiger partial charge in [0.15, 0.2) is 0 Å². The molecule has 84 valence electrons. The molecule has 0 unspecified atom stereocenters. The fourth-order valence-electron chi connectivity index (χ4n) is 1.26. The molecule has 0 amide bonds. The first kappa shape index (κ1) is 13.5. The zero-order valence-electron chi connectivity index (χ0n) is 8.96. The van der Waals surface area contributed by atoms with Crippen LogP contribution in [-0.2, 0) is 10.0 Å². The van der Waals surface area contributed by atoms with Crippen molar-refractivity contribution in [3.63, 3.8) is 0 Å². The van der Waals surface area contributed by atoms with Gasteiger partial charge in [-0.2, -0.15) is 0 Å². The quantitative estimate of drug-likeness (QED) is 0.605. The molecule has 0 fully saturated rings. The maximum Gasteiger partial charge on any atom is 0.232 e. The Balaban J connectivity index is 3.40. The van der Waals surface area contributed by atoms with E-state index in [0.29, 0.717) is 0 Å². The zero-order chi connectivity index (χ0) is 10.9. The summed E-state index contributed by atoms with van der Waals surface area (Å²) < 4.78 is 24.5. The summed E-state index contributed by atoms with van der Waals surface area (Å²) in [5.74, 6) is 0.213. The van der Waals surface area contributed by atoms with Crippen molar-refractivity contribution in [3.05, 3.63) is 12.8 Å². The maximum atomic E-state index is 11.1. The van der Waals surface area contributed by atoms with Crippen LogP contribution in [-0.4, -0.2) is 14.2 Å². The lowest BCUT2D eigenvalue weighted by Crippen LogP contribution is -2.20. The summed E-state index contributed by atoms with van der Waals surface area (Å²) in [4.78, 5) is 0. The van der Waals surface area contributed by atoms with Gasteiger partial charge in [-0.1, -0.05) is 45.6 Å². The van der Waals surface area contributed by atoms with Crippen LogP contribution in [0.2, 0.25) is 0 Å². The summed E-state index contributed by atoms with van der Waals surface area (Å²) in [5, 5.41) is 0. The highest BCUT2D eigenvalue weighted by Crippen LogP contribution is 2.05. The molecule has 0 aromatic heterocycles. The van der Waals surface area contributed by atoms with Gasteiger partial charge in [0, 0.05) is 6.20 Å². The summed E-state index contributed by atoms with van der Waals surface area (Å²) >= 11 is 0. The molecule has 0 rings (SSSR count). The van der Waals surface area contributed by atoms with Crippen molar-refractivity contribution in [1.82, 2.24) is 4.72 Å². The minimum absolute atomic E-state index is 0.213. The Hall–Kier alpha value is -0.510. The van der Waals surface area contributed by atoms with Crippen LogP contribution in [0.3, 0.4) is 0 Å². The van der Waals surface area contributed by atoms with E-state index < -0.39 is 10.0 Å². The summed E-state index contributed by atoms with van der Waals surface area (Å²) in [6.07, 6.45) is 7.77. The van der Waals surface area contributed by atoms with Crippen LogP contribution < -0.4 is 4.72 Å². The second-order valence-electron chi connectivity index (χ2n) is 3.41. The smallest absolute Gasteiger partial charge is 0.232 e. The third-order valence-corrected chi connectivity index (χ3v) is 3.38. The number of sulfonamides is 1. The lowest BCUT2D eigenvalue weighted by Gasteiger charge is -2.03. The van der Waals surface area contributed by atoms with Crippen molar-refractivity contribution in [3.8, 4) is 0 Å². The van der Waals surface area contributed by atoms with Crippen LogP contribution in [0.1, 0.15) is 45.4 Å². The van der Waals surface area contributed by atoms with E-state index in [2.05, 4.69) is 18.2 Å². The van der Waals surface area contributed by atoms with Gasteiger partial charge >= 0.3 is 0 Å². The average Bonchev–Trinajstić information content (AvgIpc) is 2.11. The van der Waals surface area contributed by atoms with E-state index in [1.165, 1.54) is 25.5 Å². The van der Waals surface area contributed by atoms with E-state index >= 15 is 0 Å². The van der Waals surface area contributed by atoms with Crippen molar-refractivity contribution < 1.29 is 8.42 Å². The van der Waals surface area contributed by atoms with E-state index in [1.54, 1.807) is 0 Å². The summed E-state index contributed by atoms with van der Waals surface area (Å²) in [6, 6.07) is 0. The van der Waals surface area contributed by atoms with Crippen LogP contribution in [0.25, 0.3) is 0 Å². The van der Waals surface area contributed by atoms with Gasteiger partial charge < -0.3 is 0 Å². The van der Waals surface area contributed by atoms with E-state index in [1.807, 2.05) is 0 Å². The molecule has 0 aromatic rings. The second kappa shape index (κ2) is 7.85. The maximum absolute atomic E-state index is 11.1. The molecule has 3 nitrogen and oxygen atoms in total. The SMILES string of the molecule is C=CNS(=O)(=O)CCCCCCCC. The summed E-state index contributed by atoms with van der Waals surface area (Å²) in [5.41, 5.74) is 0.